The fraction of sp³-hybridized carbons (Fsp3) is 0.500. The second-order valence-corrected chi connectivity index (χ2v) is 5.07. The molecule has 2 nitrogen and oxygen atoms in total. The minimum absolute atomic E-state index is 0.185. The van der Waals surface area contributed by atoms with Crippen LogP contribution in [0.25, 0.3) is 0 Å². The van der Waals surface area contributed by atoms with E-state index in [2.05, 4.69) is 5.32 Å². The minimum Gasteiger partial charge on any atom is -0.324 e. The molecule has 0 amide bonds. The summed E-state index contributed by atoms with van der Waals surface area (Å²) in [6.45, 7) is 5.44. The molecule has 0 aromatic heterocycles. The number of benzene rings is 1. The Kier molecular flexibility index (Phi) is 3.94. The number of hydrogen-bond acceptors (Lipinski definition) is 2. The van der Waals surface area contributed by atoms with Crippen molar-refractivity contribution in [3.05, 3.63) is 34.1 Å². The molecule has 0 heterocycles. The molecule has 90 valence electrons. The van der Waals surface area contributed by atoms with Gasteiger partial charge in [-0.15, -0.1) is 0 Å². The molecular formula is C12H18ClFN2. The monoisotopic (exact) mass is 244 g/mol. The highest BCUT2D eigenvalue weighted by Crippen LogP contribution is 2.31. The van der Waals surface area contributed by atoms with E-state index in [1.54, 1.807) is 20.0 Å². The molecule has 3 N–H and O–H groups in total. The Labute approximate surface area is 101 Å². The predicted molar refractivity (Wildman–Crippen MR) is 66.2 cm³/mol. The maximum atomic E-state index is 13.5. The van der Waals surface area contributed by atoms with Gasteiger partial charge in [0.1, 0.15) is 5.82 Å². The molecule has 0 aliphatic carbocycles. The van der Waals surface area contributed by atoms with Crippen molar-refractivity contribution in [2.45, 2.75) is 32.4 Å². The van der Waals surface area contributed by atoms with E-state index in [4.69, 9.17) is 17.3 Å². The zero-order valence-electron chi connectivity index (χ0n) is 10.1. The number of nitrogens with two attached hydrogens (primary N) is 1. The zero-order valence-corrected chi connectivity index (χ0v) is 10.8. The van der Waals surface area contributed by atoms with Gasteiger partial charge in [-0.3, -0.25) is 0 Å². The Morgan fingerprint density at radius 1 is 1.44 bits per heavy atom. The number of aryl methyl sites for hydroxylation is 1. The quantitative estimate of drug-likeness (QED) is 0.858. The third-order valence-electron chi connectivity index (χ3n) is 2.62. The van der Waals surface area contributed by atoms with Crippen LogP contribution in [-0.4, -0.2) is 12.6 Å². The van der Waals surface area contributed by atoms with Crippen molar-refractivity contribution in [1.82, 2.24) is 5.32 Å². The Bertz CT molecular complexity index is 385. The van der Waals surface area contributed by atoms with Gasteiger partial charge in [-0.05, 0) is 51.1 Å². The van der Waals surface area contributed by atoms with Crippen molar-refractivity contribution in [2.24, 2.45) is 5.73 Å². The predicted octanol–water partition coefficient (Wildman–Crippen LogP) is 2.79. The van der Waals surface area contributed by atoms with E-state index in [1.165, 1.54) is 6.07 Å². The van der Waals surface area contributed by atoms with Crippen molar-refractivity contribution in [3.63, 3.8) is 0 Å². The van der Waals surface area contributed by atoms with Gasteiger partial charge in [-0.1, -0.05) is 11.6 Å². The Hall–Kier alpha value is -0.640. The second-order valence-electron chi connectivity index (χ2n) is 4.67. The maximum Gasteiger partial charge on any atom is 0.126 e. The highest BCUT2D eigenvalue weighted by atomic mass is 35.5. The van der Waals surface area contributed by atoms with Crippen molar-refractivity contribution in [1.29, 1.82) is 0 Å². The summed E-state index contributed by atoms with van der Waals surface area (Å²) in [5, 5.41) is 3.61. The van der Waals surface area contributed by atoms with E-state index in [0.29, 0.717) is 16.1 Å². The summed E-state index contributed by atoms with van der Waals surface area (Å²) in [5.41, 5.74) is 6.76. The van der Waals surface area contributed by atoms with Crippen LogP contribution < -0.4 is 11.1 Å². The minimum atomic E-state index is -0.514. The Morgan fingerprint density at radius 3 is 2.44 bits per heavy atom. The molecule has 16 heavy (non-hydrogen) atoms. The number of likely N-dealkylation sites (N-methyl/N-ethyl adjacent to an activating group) is 1. The summed E-state index contributed by atoms with van der Waals surface area (Å²) < 4.78 is 13.5. The van der Waals surface area contributed by atoms with Gasteiger partial charge in [0.15, 0.2) is 0 Å². The summed E-state index contributed by atoms with van der Waals surface area (Å²) >= 11 is 6.12. The highest BCUT2D eigenvalue weighted by molar-refractivity contribution is 6.31. The lowest BCUT2D eigenvalue weighted by molar-refractivity contribution is 0.369. The van der Waals surface area contributed by atoms with E-state index in [-0.39, 0.29) is 11.9 Å². The summed E-state index contributed by atoms with van der Waals surface area (Å²) in [4.78, 5) is 0. The number of halogens is 2. The molecule has 1 atom stereocenters. The molecule has 0 saturated carbocycles. The number of rotatable bonds is 3. The van der Waals surface area contributed by atoms with Crippen molar-refractivity contribution >= 4 is 11.6 Å². The normalized spacial score (nSPS) is 13.9. The first-order chi connectivity index (χ1) is 7.27. The first-order valence-electron chi connectivity index (χ1n) is 5.19. The topological polar surface area (TPSA) is 38.0 Å². The van der Waals surface area contributed by atoms with E-state index in [1.807, 2.05) is 13.8 Å². The maximum absolute atomic E-state index is 13.5. The molecule has 0 saturated heterocycles. The average molecular weight is 245 g/mol. The largest absolute Gasteiger partial charge is 0.324 e. The van der Waals surface area contributed by atoms with E-state index in [0.717, 1.165) is 0 Å². The van der Waals surface area contributed by atoms with E-state index in [9.17, 15) is 4.39 Å². The number of hydrogen-bond donors (Lipinski definition) is 2. The average Bonchev–Trinajstić information content (AvgIpc) is 2.12. The van der Waals surface area contributed by atoms with E-state index < -0.39 is 5.54 Å². The van der Waals surface area contributed by atoms with Gasteiger partial charge in [0, 0.05) is 10.6 Å². The van der Waals surface area contributed by atoms with Gasteiger partial charge in [0.25, 0.3) is 0 Å². The highest BCUT2D eigenvalue weighted by Gasteiger charge is 2.27. The molecule has 0 fully saturated rings. The zero-order chi connectivity index (χ0) is 12.5. The van der Waals surface area contributed by atoms with Gasteiger partial charge in [-0.25, -0.2) is 4.39 Å². The van der Waals surface area contributed by atoms with Crippen LogP contribution in [0, 0.1) is 12.7 Å². The number of nitrogens with one attached hydrogen (secondary N) is 1. The molecule has 1 aromatic rings. The summed E-state index contributed by atoms with van der Waals surface area (Å²) in [6, 6.07) is 2.89. The molecule has 1 unspecified atom stereocenters. The molecule has 0 aliphatic heterocycles. The SMILES string of the molecule is CNC(c1cc(F)c(C)cc1Cl)C(C)(C)N. The lowest BCUT2D eigenvalue weighted by Crippen LogP contribution is -2.45. The molecule has 0 radical (unpaired) electrons. The molecular weight excluding hydrogens is 227 g/mol. The summed E-state index contributed by atoms with van der Waals surface area (Å²) in [5.74, 6) is -0.260. The smallest absolute Gasteiger partial charge is 0.126 e. The summed E-state index contributed by atoms with van der Waals surface area (Å²) in [7, 11) is 1.79. The third kappa shape index (κ3) is 2.73. The van der Waals surface area contributed by atoms with Crippen LogP contribution in [0.4, 0.5) is 4.39 Å². The van der Waals surface area contributed by atoms with Crippen molar-refractivity contribution in [2.75, 3.05) is 7.05 Å². The van der Waals surface area contributed by atoms with E-state index >= 15 is 0 Å². The van der Waals surface area contributed by atoms with Gasteiger partial charge < -0.3 is 11.1 Å². The third-order valence-corrected chi connectivity index (χ3v) is 2.95. The Balaban J connectivity index is 3.26. The molecule has 1 aromatic carbocycles. The lowest BCUT2D eigenvalue weighted by atomic mass is 9.89. The van der Waals surface area contributed by atoms with Crippen LogP contribution in [-0.2, 0) is 0 Å². The lowest BCUT2D eigenvalue weighted by Gasteiger charge is -2.31. The van der Waals surface area contributed by atoms with Crippen LogP contribution in [0.15, 0.2) is 12.1 Å². The summed E-state index contributed by atoms with van der Waals surface area (Å²) in [6.07, 6.45) is 0. The molecule has 0 aliphatic rings. The molecule has 0 spiro atoms. The van der Waals surface area contributed by atoms with Crippen molar-refractivity contribution < 1.29 is 4.39 Å². The van der Waals surface area contributed by atoms with Crippen LogP contribution in [0.2, 0.25) is 5.02 Å². The molecule has 4 heteroatoms. The standard InChI is InChI=1S/C12H18ClFN2/c1-7-5-9(13)8(6-10(7)14)11(16-4)12(2,3)15/h5-6,11,16H,15H2,1-4H3. The van der Waals surface area contributed by atoms with Crippen LogP contribution in [0.5, 0.6) is 0 Å². The fourth-order valence-corrected chi connectivity index (χ4v) is 2.14. The molecule has 0 bridgehead atoms. The first-order valence-corrected chi connectivity index (χ1v) is 5.57. The molecule has 1 rings (SSSR count). The van der Waals surface area contributed by atoms with Crippen LogP contribution in [0.1, 0.15) is 31.0 Å². The van der Waals surface area contributed by atoms with Crippen molar-refractivity contribution in [3.8, 4) is 0 Å². The van der Waals surface area contributed by atoms with Crippen LogP contribution in [0.3, 0.4) is 0 Å². The van der Waals surface area contributed by atoms with Gasteiger partial charge in [-0.2, -0.15) is 0 Å². The Morgan fingerprint density at radius 2 is 2.00 bits per heavy atom. The van der Waals surface area contributed by atoms with Gasteiger partial charge in [0.05, 0.1) is 6.04 Å². The first kappa shape index (κ1) is 13.4. The van der Waals surface area contributed by atoms with Crippen LogP contribution >= 0.6 is 11.6 Å². The van der Waals surface area contributed by atoms with Gasteiger partial charge in [0.2, 0.25) is 0 Å². The van der Waals surface area contributed by atoms with Gasteiger partial charge >= 0.3 is 0 Å². The second kappa shape index (κ2) is 4.70. The fourth-order valence-electron chi connectivity index (χ4n) is 1.81.